The molecule has 3 rings (SSSR count). The fourth-order valence-corrected chi connectivity index (χ4v) is 3.27. The number of nitrogens with two attached hydrogens (primary N) is 1. The van der Waals surface area contributed by atoms with Crippen molar-refractivity contribution in [3.63, 3.8) is 0 Å². The second-order valence-corrected chi connectivity index (χ2v) is 5.98. The largest absolute Gasteiger partial charge is 0.383 e. The Kier molecular flexibility index (Phi) is 4.62. The first-order valence-corrected chi connectivity index (χ1v) is 8.03. The van der Waals surface area contributed by atoms with E-state index in [0.29, 0.717) is 15.5 Å². The number of hydrazone groups is 1. The molecular formula is C17H15N5OS. The molecule has 1 aromatic carbocycles. The van der Waals surface area contributed by atoms with Crippen molar-refractivity contribution in [1.29, 1.82) is 0 Å². The number of hydrogen-bond donors (Lipinski definition) is 2. The zero-order chi connectivity index (χ0) is 16.9. The van der Waals surface area contributed by atoms with E-state index in [0.717, 1.165) is 16.5 Å². The minimum absolute atomic E-state index is 0.292. The number of aromatic nitrogens is 2. The SMILES string of the molecule is Cc1c(C(=O)N/N=C\C=C\c2ccccc2)sc2ncnc(N)c12. The van der Waals surface area contributed by atoms with Gasteiger partial charge >= 0.3 is 0 Å². The fraction of sp³-hybridized carbons (Fsp3) is 0.0588. The summed E-state index contributed by atoms with van der Waals surface area (Å²) < 4.78 is 0. The van der Waals surface area contributed by atoms with Gasteiger partial charge in [0.25, 0.3) is 5.91 Å². The molecule has 1 amide bonds. The van der Waals surface area contributed by atoms with E-state index in [9.17, 15) is 4.79 Å². The number of anilines is 1. The Hall–Kier alpha value is -3.06. The molecule has 3 N–H and O–H groups in total. The first-order chi connectivity index (χ1) is 11.7. The summed E-state index contributed by atoms with van der Waals surface area (Å²) in [7, 11) is 0. The van der Waals surface area contributed by atoms with Gasteiger partial charge in [-0.3, -0.25) is 4.79 Å². The molecule has 0 saturated carbocycles. The van der Waals surface area contributed by atoms with Crippen molar-refractivity contribution in [3.05, 3.63) is 58.7 Å². The molecule has 2 aromatic heterocycles. The third-order valence-electron chi connectivity index (χ3n) is 3.38. The number of nitrogen functional groups attached to an aromatic ring is 1. The van der Waals surface area contributed by atoms with Crippen molar-refractivity contribution in [2.75, 3.05) is 5.73 Å². The number of carbonyl (C=O) groups is 1. The summed E-state index contributed by atoms with van der Waals surface area (Å²) in [4.78, 5) is 21.6. The molecule has 0 aliphatic rings. The van der Waals surface area contributed by atoms with Crippen LogP contribution in [0.25, 0.3) is 16.3 Å². The van der Waals surface area contributed by atoms with Crippen molar-refractivity contribution < 1.29 is 4.79 Å². The quantitative estimate of drug-likeness (QED) is 0.565. The van der Waals surface area contributed by atoms with Crippen LogP contribution in [0.15, 0.2) is 47.8 Å². The molecule has 0 unspecified atom stereocenters. The van der Waals surface area contributed by atoms with E-state index in [4.69, 9.17) is 5.73 Å². The molecule has 0 atom stereocenters. The Morgan fingerprint density at radius 3 is 2.83 bits per heavy atom. The zero-order valence-corrected chi connectivity index (χ0v) is 13.7. The van der Waals surface area contributed by atoms with Crippen LogP contribution in [0.5, 0.6) is 0 Å². The molecule has 0 aliphatic heterocycles. The average Bonchev–Trinajstić information content (AvgIpc) is 2.93. The number of thiophene rings is 1. The summed E-state index contributed by atoms with van der Waals surface area (Å²) in [6, 6.07) is 9.83. The lowest BCUT2D eigenvalue weighted by Crippen LogP contribution is -2.16. The highest BCUT2D eigenvalue weighted by atomic mass is 32.1. The number of carbonyl (C=O) groups excluding carboxylic acids is 1. The van der Waals surface area contributed by atoms with Crippen LogP contribution in [0.4, 0.5) is 5.82 Å². The summed E-state index contributed by atoms with van der Waals surface area (Å²) >= 11 is 1.27. The zero-order valence-electron chi connectivity index (χ0n) is 12.9. The van der Waals surface area contributed by atoms with Crippen molar-refractivity contribution in [1.82, 2.24) is 15.4 Å². The number of rotatable bonds is 4. The van der Waals surface area contributed by atoms with E-state index in [1.165, 1.54) is 23.9 Å². The van der Waals surface area contributed by atoms with E-state index >= 15 is 0 Å². The highest BCUT2D eigenvalue weighted by molar-refractivity contribution is 7.20. The van der Waals surface area contributed by atoms with Gasteiger partial charge in [0.2, 0.25) is 0 Å². The van der Waals surface area contributed by atoms with Gasteiger partial charge < -0.3 is 5.73 Å². The monoisotopic (exact) mass is 337 g/mol. The smallest absolute Gasteiger partial charge is 0.281 e. The van der Waals surface area contributed by atoms with Crippen LogP contribution in [0.3, 0.4) is 0 Å². The van der Waals surface area contributed by atoms with Crippen LogP contribution < -0.4 is 11.2 Å². The summed E-state index contributed by atoms with van der Waals surface area (Å²) in [5, 5.41) is 4.65. The van der Waals surface area contributed by atoms with Crippen molar-refractivity contribution >= 4 is 45.6 Å². The minimum atomic E-state index is -0.292. The predicted octanol–water partition coefficient (Wildman–Crippen LogP) is 3.01. The summed E-state index contributed by atoms with van der Waals surface area (Å²) in [6.45, 7) is 1.83. The second kappa shape index (κ2) is 7.01. The van der Waals surface area contributed by atoms with E-state index in [-0.39, 0.29) is 5.91 Å². The number of fused-ring (bicyclic) bond motifs is 1. The third kappa shape index (κ3) is 3.31. The predicted molar refractivity (Wildman–Crippen MR) is 98.0 cm³/mol. The maximum absolute atomic E-state index is 12.3. The van der Waals surface area contributed by atoms with Gasteiger partial charge in [0.05, 0.1) is 10.3 Å². The number of allylic oxidation sites excluding steroid dienone is 1. The standard InChI is InChI=1S/C17H15N5OS/c1-11-13-15(18)19-10-20-17(13)24-14(11)16(23)22-21-9-5-8-12-6-3-2-4-7-12/h2-10H,1H3,(H,22,23)(H2,18,19,20)/b8-5+,21-9-. The van der Waals surface area contributed by atoms with Gasteiger partial charge in [-0.25, -0.2) is 15.4 Å². The normalized spacial score (nSPS) is 11.5. The third-order valence-corrected chi connectivity index (χ3v) is 4.58. The van der Waals surface area contributed by atoms with Crippen molar-refractivity contribution in [2.24, 2.45) is 5.10 Å². The lowest BCUT2D eigenvalue weighted by molar-refractivity contribution is 0.0958. The maximum atomic E-state index is 12.3. The molecule has 0 fully saturated rings. The highest BCUT2D eigenvalue weighted by Crippen LogP contribution is 2.31. The Morgan fingerprint density at radius 1 is 1.29 bits per heavy atom. The number of nitrogens with zero attached hydrogens (tertiary/aromatic N) is 3. The van der Waals surface area contributed by atoms with Crippen molar-refractivity contribution in [2.45, 2.75) is 6.92 Å². The Morgan fingerprint density at radius 2 is 2.08 bits per heavy atom. The summed E-state index contributed by atoms with van der Waals surface area (Å²) in [5.41, 5.74) is 10.2. The van der Waals surface area contributed by atoms with Crippen LogP contribution in [0, 0.1) is 6.92 Å². The molecule has 3 aromatic rings. The molecule has 2 heterocycles. The van der Waals surface area contributed by atoms with Crippen LogP contribution in [0.1, 0.15) is 20.8 Å². The number of benzene rings is 1. The van der Waals surface area contributed by atoms with Gasteiger partial charge in [-0.15, -0.1) is 11.3 Å². The van der Waals surface area contributed by atoms with Gasteiger partial charge in [-0.2, -0.15) is 5.10 Å². The molecule has 0 saturated heterocycles. The van der Waals surface area contributed by atoms with Gasteiger partial charge in [0, 0.05) is 6.21 Å². The van der Waals surface area contributed by atoms with Crippen LogP contribution in [0.2, 0.25) is 0 Å². The van der Waals surface area contributed by atoms with Crippen LogP contribution in [-0.4, -0.2) is 22.1 Å². The van der Waals surface area contributed by atoms with Gasteiger partial charge in [-0.05, 0) is 24.1 Å². The fourth-order valence-electron chi connectivity index (χ4n) is 2.22. The van der Waals surface area contributed by atoms with E-state index < -0.39 is 0 Å². The minimum Gasteiger partial charge on any atom is -0.383 e. The summed E-state index contributed by atoms with van der Waals surface area (Å²) in [6.07, 6.45) is 6.58. The van der Waals surface area contributed by atoms with E-state index in [1.54, 1.807) is 6.08 Å². The highest BCUT2D eigenvalue weighted by Gasteiger charge is 2.17. The molecular weight excluding hydrogens is 322 g/mol. The average molecular weight is 337 g/mol. The van der Waals surface area contributed by atoms with E-state index in [1.807, 2.05) is 43.3 Å². The first kappa shape index (κ1) is 15.8. The lowest BCUT2D eigenvalue weighted by atomic mass is 10.2. The van der Waals surface area contributed by atoms with Crippen LogP contribution >= 0.6 is 11.3 Å². The molecule has 6 nitrogen and oxygen atoms in total. The molecule has 7 heteroatoms. The molecule has 0 radical (unpaired) electrons. The van der Waals surface area contributed by atoms with Gasteiger partial charge in [-0.1, -0.05) is 36.4 Å². The Balaban J connectivity index is 1.69. The topological polar surface area (TPSA) is 93.3 Å². The molecule has 24 heavy (non-hydrogen) atoms. The summed E-state index contributed by atoms with van der Waals surface area (Å²) in [5.74, 6) is 0.0846. The van der Waals surface area contributed by atoms with Gasteiger partial charge in [0.15, 0.2) is 0 Å². The molecule has 0 aliphatic carbocycles. The first-order valence-electron chi connectivity index (χ1n) is 7.21. The Labute approximate surface area is 142 Å². The van der Waals surface area contributed by atoms with E-state index in [2.05, 4.69) is 20.5 Å². The van der Waals surface area contributed by atoms with Crippen molar-refractivity contribution in [3.8, 4) is 0 Å². The molecule has 0 bridgehead atoms. The van der Waals surface area contributed by atoms with Crippen LogP contribution in [-0.2, 0) is 0 Å². The number of hydrogen-bond acceptors (Lipinski definition) is 6. The number of aryl methyl sites for hydroxylation is 1. The Bertz CT molecular complexity index is 931. The second-order valence-electron chi connectivity index (χ2n) is 4.98. The maximum Gasteiger partial charge on any atom is 0.281 e. The van der Waals surface area contributed by atoms with Gasteiger partial charge in [0.1, 0.15) is 17.0 Å². The molecule has 0 spiro atoms. The lowest BCUT2D eigenvalue weighted by Gasteiger charge is -1.98. The number of nitrogens with one attached hydrogen (secondary N) is 1. The molecule has 120 valence electrons. The number of amides is 1.